The van der Waals surface area contributed by atoms with Gasteiger partial charge in [-0.3, -0.25) is 0 Å². The molecule has 0 N–H and O–H groups in total. The van der Waals surface area contributed by atoms with Gasteiger partial charge in [0.25, 0.3) is 0 Å². The van der Waals surface area contributed by atoms with Crippen molar-refractivity contribution in [1.29, 1.82) is 5.26 Å². The van der Waals surface area contributed by atoms with Crippen LogP contribution in [0.1, 0.15) is 25.7 Å². The second kappa shape index (κ2) is 4.27. The minimum atomic E-state index is 0.273. The summed E-state index contributed by atoms with van der Waals surface area (Å²) in [5, 5.41) is 8.58. The predicted octanol–water partition coefficient (Wildman–Crippen LogP) is 2.27. The summed E-state index contributed by atoms with van der Waals surface area (Å²) in [7, 11) is 1.73. The van der Waals surface area contributed by atoms with Gasteiger partial charge in [-0.05, 0) is 19.3 Å². The molecule has 1 fully saturated rings. The zero-order valence-corrected chi connectivity index (χ0v) is 7.55. The normalized spacial score (nSPS) is 29.8. The summed E-state index contributed by atoms with van der Waals surface area (Å²) in [6.45, 7) is 3.95. The molecule has 2 heteroatoms. The summed E-state index contributed by atoms with van der Waals surface area (Å²) < 4.78 is 5.31. The highest BCUT2D eigenvalue weighted by Gasteiger charge is 2.25. The van der Waals surface area contributed by atoms with Gasteiger partial charge in [-0.1, -0.05) is 12.2 Å². The number of nitrogens with zero attached hydrogens (tertiary/aromatic N) is 1. The zero-order valence-electron chi connectivity index (χ0n) is 7.55. The van der Waals surface area contributed by atoms with E-state index in [1.807, 2.05) is 0 Å². The van der Waals surface area contributed by atoms with Gasteiger partial charge in [0.1, 0.15) is 0 Å². The van der Waals surface area contributed by atoms with Crippen molar-refractivity contribution in [3.63, 3.8) is 0 Å². The van der Waals surface area contributed by atoms with Crippen molar-refractivity contribution in [2.24, 2.45) is 5.92 Å². The third-order valence-corrected chi connectivity index (χ3v) is 2.52. The van der Waals surface area contributed by atoms with Gasteiger partial charge in [0, 0.05) is 19.4 Å². The van der Waals surface area contributed by atoms with Crippen LogP contribution in [0.15, 0.2) is 12.2 Å². The number of nitriles is 1. The van der Waals surface area contributed by atoms with E-state index in [0.717, 1.165) is 19.3 Å². The molecule has 2 nitrogen and oxygen atoms in total. The Morgan fingerprint density at radius 3 is 3.08 bits per heavy atom. The van der Waals surface area contributed by atoms with E-state index in [1.165, 1.54) is 5.57 Å². The maximum Gasteiger partial charge on any atom is 0.0625 e. The largest absolute Gasteiger partial charge is 0.381 e. The average molecular weight is 165 g/mol. The highest BCUT2D eigenvalue weighted by Crippen LogP contribution is 2.31. The maximum atomic E-state index is 8.58. The lowest BCUT2D eigenvalue weighted by molar-refractivity contribution is 0.0368. The molecule has 0 aromatic heterocycles. The SMILES string of the molecule is C=C1CCC(OC)C(CC#N)C1. The molecule has 0 bridgehead atoms. The first-order valence-electron chi connectivity index (χ1n) is 4.34. The van der Waals surface area contributed by atoms with Crippen molar-refractivity contribution < 1.29 is 4.74 Å². The molecule has 66 valence electrons. The van der Waals surface area contributed by atoms with Gasteiger partial charge in [-0.15, -0.1) is 0 Å². The van der Waals surface area contributed by atoms with E-state index in [9.17, 15) is 0 Å². The molecule has 0 heterocycles. The van der Waals surface area contributed by atoms with Crippen LogP contribution in [0.5, 0.6) is 0 Å². The van der Waals surface area contributed by atoms with Crippen molar-refractivity contribution in [3.05, 3.63) is 12.2 Å². The predicted molar refractivity (Wildman–Crippen MR) is 47.5 cm³/mol. The molecule has 1 saturated carbocycles. The molecular formula is C10H15NO. The van der Waals surface area contributed by atoms with Gasteiger partial charge in [0.15, 0.2) is 0 Å². The summed E-state index contributed by atoms with van der Waals surface area (Å²) >= 11 is 0. The fourth-order valence-electron chi connectivity index (χ4n) is 1.82. The molecule has 0 aromatic carbocycles. The minimum absolute atomic E-state index is 0.273. The number of hydrogen-bond donors (Lipinski definition) is 0. The molecule has 0 aromatic rings. The lowest BCUT2D eigenvalue weighted by Gasteiger charge is -2.29. The molecule has 0 radical (unpaired) electrons. The van der Waals surface area contributed by atoms with Gasteiger partial charge >= 0.3 is 0 Å². The van der Waals surface area contributed by atoms with Crippen LogP contribution < -0.4 is 0 Å². The first kappa shape index (κ1) is 9.28. The average Bonchev–Trinajstić information content (AvgIpc) is 2.05. The molecule has 0 amide bonds. The lowest BCUT2D eigenvalue weighted by atomic mass is 9.82. The van der Waals surface area contributed by atoms with Crippen LogP contribution in [0.4, 0.5) is 0 Å². The van der Waals surface area contributed by atoms with Crippen molar-refractivity contribution in [2.75, 3.05) is 7.11 Å². The van der Waals surface area contributed by atoms with Crippen molar-refractivity contribution >= 4 is 0 Å². The number of hydrogen-bond acceptors (Lipinski definition) is 2. The Bertz CT molecular complexity index is 204. The number of allylic oxidation sites excluding steroid dienone is 1. The maximum absolute atomic E-state index is 8.58. The smallest absolute Gasteiger partial charge is 0.0625 e. The second-order valence-electron chi connectivity index (χ2n) is 3.39. The fraction of sp³-hybridized carbons (Fsp3) is 0.700. The van der Waals surface area contributed by atoms with E-state index in [2.05, 4.69) is 12.6 Å². The monoisotopic (exact) mass is 165 g/mol. The van der Waals surface area contributed by atoms with Gasteiger partial charge in [0.2, 0.25) is 0 Å². The Kier molecular flexibility index (Phi) is 3.31. The van der Waals surface area contributed by atoms with Crippen LogP contribution in [0, 0.1) is 17.2 Å². The number of ether oxygens (including phenoxy) is 1. The summed E-state index contributed by atoms with van der Waals surface area (Å²) in [5.74, 6) is 0.376. The Morgan fingerprint density at radius 1 is 1.75 bits per heavy atom. The number of rotatable bonds is 2. The zero-order chi connectivity index (χ0) is 8.97. The fourth-order valence-corrected chi connectivity index (χ4v) is 1.82. The third kappa shape index (κ3) is 2.09. The van der Waals surface area contributed by atoms with Crippen LogP contribution in [-0.2, 0) is 4.74 Å². The molecule has 2 atom stereocenters. The molecule has 2 unspecified atom stereocenters. The first-order chi connectivity index (χ1) is 5.77. The molecule has 1 aliphatic rings. The summed E-state index contributed by atoms with van der Waals surface area (Å²) in [6.07, 6.45) is 3.92. The standard InChI is InChI=1S/C10H15NO/c1-8-3-4-10(12-2)9(7-8)5-6-11/h9-10H,1,3-5,7H2,2H3. The van der Waals surface area contributed by atoms with Gasteiger partial charge in [-0.2, -0.15) is 5.26 Å². The van der Waals surface area contributed by atoms with Crippen molar-refractivity contribution in [2.45, 2.75) is 31.8 Å². The molecule has 1 aliphatic carbocycles. The van der Waals surface area contributed by atoms with Gasteiger partial charge < -0.3 is 4.74 Å². The molecular weight excluding hydrogens is 150 g/mol. The van der Waals surface area contributed by atoms with Crippen LogP contribution in [0.2, 0.25) is 0 Å². The van der Waals surface area contributed by atoms with E-state index in [-0.39, 0.29) is 6.10 Å². The topological polar surface area (TPSA) is 33.0 Å². The molecule has 0 spiro atoms. The van der Waals surface area contributed by atoms with Crippen molar-refractivity contribution in [3.8, 4) is 6.07 Å². The lowest BCUT2D eigenvalue weighted by Crippen LogP contribution is -2.27. The van der Waals surface area contributed by atoms with E-state index in [4.69, 9.17) is 10.00 Å². The summed E-state index contributed by atoms with van der Waals surface area (Å²) in [6, 6.07) is 2.20. The van der Waals surface area contributed by atoms with E-state index < -0.39 is 0 Å². The second-order valence-corrected chi connectivity index (χ2v) is 3.39. The number of methoxy groups -OCH3 is 1. The minimum Gasteiger partial charge on any atom is -0.381 e. The summed E-state index contributed by atoms with van der Waals surface area (Å²) in [5.41, 5.74) is 1.27. The quantitative estimate of drug-likeness (QED) is 0.588. The van der Waals surface area contributed by atoms with Crippen molar-refractivity contribution in [1.82, 2.24) is 0 Å². The molecule has 1 rings (SSSR count). The Morgan fingerprint density at radius 2 is 2.50 bits per heavy atom. The third-order valence-electron chi connectivity index (χ3n) is 2.52. The highest BCUT2D eigenvalue weighted by atomic mass is 16.5. The molecule has 12 heavy (non-hydrogen) atoms. The van der Waals surface area contributed by atoms with E-state index >= 15 is 0 Å². The van der Waals surface area contributed by atoms with Crippen LogP contribution in [0.3, 0.4) is 0 Å². The van der Waals surface area contributed by atoms with Crippen LogP contribution in [-0.4, -0.2) is 13.2 Å². The first-order valence-corrected chi connectivity index (χ1v) is 4.34. The van der Waals surface area contributed by atoms with E-state index in [0.29, 0.717) is 12.3 Å². The van der Waals surface area contributed by atoms with Gasteiger partial charge in [0.05, 0.1) is 12.2 Å². The van der Waals surface area contributed by atoms with Crippen LogP contribution in [0.25, 0.3) is 0 Å². The Balaban J connectivity index is 2.52. The van der Waals surface area contributed by atoms with Crippen LogP contribution >= 0.6 is 0 Å². The molecule has 0 saturated heterocycles. The van der Waals surface area contributed by atoms with E-state index in [1.54, 1.807) is 7.11 Å². The Hall–Kier alpha value is -0.810. The summed E-state index contributed by atoms with van der Waals surface area (Å²) in [4.78, 5) is 0. The molecule has 0 aliphatic heterocycles. The highest BCUT2D eigenvalue weighted by molar-refractivity contribution is 5.03. The Labute approximate surface area is 73.8 Å². The van der Waals surface area contributed by atoms with Gasteiger partial charge in [-0.25, -0.2) is 0 Å².